The van der Waals surface area contributed by atoms with E-state index in [0.717, 1.165) is 38.9 Å². The fourth-order valence-corrected chi connectivity index (χ4v) is 4.79. The van der Waals surface area contributed by atoms with E-state index in [2.05, 4.69) is 29.5 Å². The summed E-state index contributed by atoms with van der Waals surface area (Å²) in [6.07, 6.45) is 8.51. The van der Waals surface area contributed by atoms with Crippen LogP contribution in [0.4, 0.5) is 22.0 Å². The van der Waals surface area contributed by atoms with E-state index in [1.54, 1.807) is 23.2 Å². The first-order valence-electron chi connectivity index (χ1n) is 12.3. The number of hydrogen-bond donors (Lipinski definition) is 2. The van der Waals surface area contributed by atoms with Gasteiger partial charge >= 0.3 is 6.03 Å². The zero-order valence-corrected chi connectivity index (χ0v) is 19.7. The molecule has 7 heteroatoms. The van der Waals surface area contributed by atoms with E-state index < -0.39 is 0 Å². The molecule has 1 aromatic heterocycles. The lowest BCUT2D eigenvalue weighted by Crippen LogP contribution is -2.47. The number of unbranched alkanes of at least 4 members (excludes halogenated alkanes) is 1. The monoisotopic (exact) mass is 449 g/mol. The molecule has 3 amide bonds. The van der Waals surface area contributed by atoms with E-state index in [9.17, 15) is 9.59 Å². The molecule has 33 heavy (non-hydrogen) atoms. The lowest BCUT2D eigenvalue weighted by molar-refractivity contribution is 0.102. The molecule has 2 aromatic rings. The topological polar surface area (TPSA) is 77.6 Å². The minimum Gasteiger partial charge on any atom is -0.324 e. The van der Waals surface area contributed by atoms with Crippen molar-refractivity contribution in [3.8, 4) is 0 Å². The van der Waals surface area contributed by atoms with Crippen molar-refractivity contribution in [3.63, 3.8) is 0 Å². The summed E-state index contributed by atoms with van der Waals surface area (Å²) >= 11 is 0. The number of anilines is 3. The minimum atomic E-state index is -0.249. The Morgan fingerprint density at radius 1 is 1.27 bits per heavy atom. The van der Waals surface area contributed by atoms with E-state index in [4.69, 9.17) is 0 Å². The van der Waals surface area contributed by atoms with Crippen LogP contribution in [0.25, 0.3) is 0 Å². The first kappa shape index (κ1) is 23.2. The molecule has 7 nitrogen and oxygen atoms in total. The molecule has 2 atom stereocenters. The SMILES string of the molecule is CCCCC(C)NCCC1CCCN(C(=O)N2c3ccccc3NC(=O)c3cccnc32)C1. The molecule has 0 bridgehead atoms. The maximum absolute atomic E-state index is 13.8. The smallest absolute Gasteiger partial charge is 0.324 e. The zero-order valence-electron chi connectivity index (χ0n) is 19.7. The Hall–Kier alpha value is -2.93. The molecule has 0 saturated carbocycles. The average Bonchev–Trinajstić information content (AvgIpc) is 2.96. The number of hydrogen-bond acceptors (Lipinski definition) is 4. The van der Waals surface area contributed by atoms with Gasteiger partial charge in [0, 0.05) is 25.3 Å². The molecule has 0 aliphatic carbocycles. The number of fused-ring (bicyclic) bond motifs is 2. The second-order valence-corrected chi connectivity index (χ2v) is 9.20. The van der Waals surface area contributed by atoms with Gasteiger partial charge in [0.1, 0.15) is 0 Å². The van der Waals surface area contributed by atoms with Crippen LogP contribution >= 0.6 is 0 Å². The first-order valence-corrected chi connectivity index (χ1v) is 12.3. The standard InChI is InChI=1S/C26H35N5O2/c1-3-4-9-19(2)27-16-14-20-10-8-17-30(18-20)26(33)31-23-13-6-5-12-22(23)29-25(32)21-11-7-15-28-24(21)31/h5-7,11-13,15,19-20,27H,3-4,8-10,14,16-18H2,1-2H3,(H,29,32). The van der Waals surface area contributed by atoms with Crippen molar-refractivity contribution < 1.29 is 9.59 Å². The number of nitrogens with zero attached hydrogens (tertiary/aromatic N) is 3. The number of carbonyl (C=O) groups is 2. The predicted octanol–water partition coefficient (Wildman–Crippen LogP) is 5.18. The molecule has 1 saturated heterocycles. The van der Waals surface area contributed by atoms with Crippen molar-refractivity contribution >= 4 is 29.1 Å². The molecule has 4 rings (SSSR count). The quantitative estimate of drug-likeness (QED) is 0.611. The van der Waals surface area contributed by atoms with Crippen LogP contribution < -0.4 is 15.5 Å². The fourth-order valence-electron chi connectivity index (χ4n) is 4.79. The van der Waals surface area contributed by atoms with E-state index >= 15 is 0 Å². The highest BCUT2D eigenvalue weighted by Gasteiger charge is 2.34. The normalized spacial score (nSPS) is 18.7. The highest BCUT2D eigenvalue weighted by Crippen LogP contribution is 2.37. The number of carbonyl (C=O) groups excluding carboxylic acids is 2. The van der Waals surface area contributed by atoms with Gasteiger partial charge in [0.05, 0.1) is 16.9 Å². The molecule has 0 radical (unpaired) electrons. The van der Waals surface area contributed by atoms with Crippen molar-refractivity contribution in [3.05, 3.63) is 48.2 Å². The van der Waals surface area contributed by atoms with Crippen molar-refractivity contribution in [1.82, 2.24) is 15.2 Å². The van der Waals surface area contributed by atoms with E-state index in [-0.39, 0.29) is 11.9 Å². The van der Waals surface area contributed by atoms with Gasteiger partial charge in [-0.3, -0.25) is 4.79 Å². The number of para-hydroxylation sites is 2. The number of rotatable bonds is 7. The molecule has 2 N–H and O–H groups in total. The molecule has 0 spiro atoms. The molecule has 2 unspecified atom stereocenters. The molecule has 1 aromatic carbocycles. The molecule has 2 aliphatic heterocycles. The Morgan fingerprint density at radius 2 is 2.12 bits per heavy atom. The maximum Gasteiger partial charge on any atom is 0.330 e. The molecule has 176 valence electrons. The number of benzene rings is 1. The number of nitrogens with one attached hydrogen (secondary N) is 2. The van der Waals surface area contributed by atoms with E-state index in [1.165, 1.54) is 19.3 Å². The second-order valence-electron chi connectivity index (χ2n) is 9.20. The third-order valence-electron chi connectivity index (χ3n) is 6.65. The Morgan fingerprint density at radius 3 is 2.97 bits per heavy atom. The zero-order chi connectivity index (χ0) is 23.2. The third kappa shape index (κ3) is 5.36. The summed E-state index contributed by atoms with van der Waals surface area (Å²) in [7, 11) is 0. The second kappa shape index (κ2) is 10.8. The van der Waals surface area contributed by atoms with Crippen molar-refractivity contribution in [2.24, 2.45) is 5.92 Å². The van der Waals surface area contributed by atoms with Gasteiger partial charge in [0.15, 0.2) is 5.82 Å². The fraction of sp³-hybridized carbons (Fsp3) is 0.500. The summed E-state index contributed by atoms with van der Waals surface area (Å²) in [6.45, 7) is 6.91. The summed E-state index contributed by atoms with van der Waals surface area (Å²) in [5.74, 6) is 0.609. The van der Waals surface area contributed by atoms with Gasteiger partial charge in [-0.2, -0.15) is 0 Å². The number of pyridine rings is 1. The number of amides is 3. The average molecular weight is 450 g/mol. The molecule has 2 aliphatic rings. The molecule has 3 heterocycles. The molecule has 1 fully saturated rings. The summed E-state index contributed by atoms with van der Waals surface area (Å²) in [4.78, 5) is 34.6. The third-order valence-corrected chi connectivity index (χ3v) is 6.65. The van der Waals surface area contributed by atoms with Crippen molar-refractivity contribution in [1.29, 1.82) is 0 Å². The van der Waals surface area contributed by atoms with E-state index in [0.29, 0.717) is 34.7 Å². The Bertz CT molecular complexity index is 979. The number of urea groups is 1. The maximum atomic E-state index is 13.8. The van der Waals surface area contributed by atoms with Gasteiger partial charge in [0.25, 0.3) is 5.91 Å². The molecular weight excluding hydrogens is 414 g/mol. The van der Waals surface area contributed by atoms with Gasteiger partial charge in [-0.25, -0.2) is 14.7 Å². The summed E-state index contributed by atoms with van der Waals surface area (Å²) in [5.41, 5.74) is 1.68. The van der Waals surface area contributed by atoms with Crippen LogP contribution in [0.1, 0.15) is 62.7 Å². The van der Waals surface area contributed by atoms with Crippen LogP contribution in [-0.4, -0.2) is 47.5 Å². The lowest BCUT2D eigenvalue weighted by Gasteiger charge is -2.36. The summed E-state index contributed by atoms with van der Waals surface area (Å²) in [5, 5.41) is 6.57. The predicted molar refractivity (Wildman–Crippen MR) is 132 cm³/mol. The number of piperidine rings is 1. The number of aromatic nitrogens is 1. The van der Waals surface area contributed by atoms with Crippen LogP contribution in [0.5, 0.6) is 0 Å². The van der Waals surface area contributed by atoms with Crippen LogP contribution in [0.2, 0.25) is 0 Å². The van der Waals surface area contributed by atoms with Gasteiger partial charge in [-0.15, -0.1) is 0 Å². The molecular formula is C26H35N5O2. The van der Waals surface area contributed by atoms with Crippen molar-refractivity contribution in [2.45, 2.75) is 58.4 Å². The Kier molecular flexibility index (Phi) is 7.60. The van der Waals surface area contributed by atoms with Gasteiger partial charge in [-0.1, -0.05) is 31.9 Å². The van der Waals surface area contributed by atoms with Gasteiger partial charge in [0.2, 0.25) is 0 Å². The van der Waals surface area contributed by atoms with Crippen LogP contribution in [0.15, 0.2) is 42.6 Å². The van der Waals surface area contributed by atoms with Gasteiger partial charge in [-0.05, 0) is 69.3 Å². The van der Waals surface area contributed by atoms with Crippen LogP contribution in [0, 0.1) is 5.92 Å². The lowest BCUT2D eigenvalue weighted by atomic mass is 9.94. The summed E-state index contributed by atoms with van der Waals surface area (Å²) in [6, 6.07) is 11.3. The Balaban J connectivity index is 1.49. The number of likely N-dealkylation sites (tertiary alicyclic amines) is 1. The Labute approximate surface area is 196 Å². The van der Waals surface area contributed by atoms with Gasteiger partial charge < -0.3 is 15.5 Å². The largest absolute Gasteiger partial charge is 0.330 e. The minimum absolute atomic E-state index is 0.118. The summed E-state index contributed by atoms with van der Waals surface area (Å²) < 4.78 is 0. The van der Waals surface area contributed by atoms with Crippen LogP contribution in [0.3, 0.4) is 0 Å². The highest BCUT2D eigenvalue weighted by atomic mass is 16.2. The van der Waals surface area contributed by atoms with Crippen LogP contribution in [-0.2, 0) is 0 Å². The first-order chi connectivity index (χ1) is 16.1. The highest BCUT2D eigenvalue weighted by molar-refractivity contribution is 6.16. The van der Waals surface area contributed by atoms with Crippen molar-refractivity contribution in [2.75, 3.05) is 29.9 Å². The van der Waals surface area contributed by atoms with E-state index in [1.807, 2.05) is 29.2 Å².